The molecule has 0 aromatic carbocycles. The molecule has 0 atom stereocenters. The maximum atomic E-state index is 11.6. The van der Waals surface area contributed by atoms with Crippen LogP contribution >= 0.6 is 0 Å². The van der Waals surface area contributed by atoms with Crippen LogP contribution in [0.25, 0.3) is 0 Å². The highest BCUT2D eigenvalue weighted by molar-refractivity contribution is 5.72. The SMILES string of the molecule is CCOC(/C=C(\C)N(C)C)=C(CC)\C(=C\C=O)C1=C/C2=C(/C=C(/NC)CC/1)OCO2. The first kappa shape index (κ1) is 23.4. The second kappa shape index (κ2) is 11.3. The van der Waals surface area contributed by atoms with Crippen molar-refractivity contribution < 1.29 is 19.0 Å². The van der Waals surface area contributed by atoms with Crippen molar-refractivity contribution in [3.05, 3.63) is 69.7 Å². The Morgan fingerprint density at radius 2 is 1.90 bits per heavy atom. The summed E-state index contributed by atoms with van der Waals surface area (Å²) in [7, 11) is 5.89. The number of hydrogen-bond acceptors (Lipinski definition) is 6. The zero-order valence-electron chi connectivity index (χ0n) is 19.0. The highest BCUT2D eigenvalue weighted by atomic mass is 16.7. The van der Waals surface area contributed by atoms with Crippen molar-refractivity contribution >= 4 is 6.29 Å². The Morgan fingerprint density at radius 3 is 2.47 bits per heavy atom. The minimum Gasteiger partial charge on any atom is -0.494 e. The third-order valence-corrected chi connectivity index (χ3v) is 5.17. The van der Waals surface area contributed by atoms with E-state index >= 15 is 0 Å². The summed E-state index contributed by atoms with van der Waals surface area (Å²) in [6.07, 6.45) is 10.7. The van der Waals surface area contributed by atoms with E-state index in [2.05, 4.69) is 12.2 Å². The molecule has 1 heterocycles. The van der Waals surface area contributed by atoms with Crippen LogP contribution in [0.1, 0.15) is 40.0 Å². The molecule has 0 fully saturated rings. The summed E-state index contributed by atoms with van der Waals surface area (Å²) in [5, 5.41) is 3.22. The van der Waals surface area contributed by atoms with Gasteiger partial charge in [0.25, 0.3) is 0 Å². The zero-order valence-corrected chi connectivity index (χ0v) is 19.0. The molecule has 6 heteroatoms. The van der Waals surface area contributed by atoms with Crippen molar-refractivity contribution in [2.45, 2.75) is 40.0 Å². The normalized spacial score (nSPS) is 21.5. The van der Waals surface area contributed by atoms with E-state index < -0.39 is 0 Å². The van der Waals surface area contributed by atoms with Gasteiger partial charge in [0.2, 0.25) is 6.79 Å². The zero-order chi connectivity index (χ0) is 22.1. The van der Waals surface area contributed by atoms with Crippen molar-refractivity contribution in [3.8, 4) is 0 Å². The van der Waals surface area contributed by atoms with E-state index in [1.807, 2.05) is 58.1 Å². The van der Waals surface area contributed by atoms with Crippen molar-refractivity contribution in [1.29, 1.82) is 0 Å². The van der Waals surface area contributed by atoms with Gasteiger partial charge in [-0.1, -0.05) is 6.92 Å². The predicted octanol–water partition coefficient (Wildman–Crippen LogP) is 4.32. The summed E-state index contributed by atoms with van der Waals surface area (Å²) in [4.78, 5) is 13.6. The van der Waals surface area contributed by atoms with Gasteiger partial charge in [0.15, 0.2) is 11.5 Å². The molecule has 0 saturated heterocycles. The molecular formula is C24H34N2O4. The van der Waals surface area contributed by atoms with Crippen molar-refractivity contribution in [3.63, 3.8) is 0 Å². The number of ether oxygens (including phenoxy) is 3. The van der Waals surface area contributed by atoms with Crippen LogP contribution in [0.3, 0.4) is 0 Å². The largest absolute Gasteiger partial charge is 0.494 e. The number of aldehydes is 1. The molecule has 1 aliphatic heterocycles. The quantitative estimate of drug-likeness (QED) is 0.262. The first-order valence-corrected chi connectivity index (χ1v) is 10.4. The maximum Gasteiger partial charge on any atom is 0.231 e. The summed E-state index contributed by atoms with van der Waals surface area (Å²) < 4.78 is 17.3. The van der Waals surface area contributed by atoms with E-state index in [9.17, 15) is 4.79 Å². The Hall–Kier alpha value is -2.89. The fourth-order valence-electron chi connectivity index (χ4n) is 3.32. The molecule has 0 spiro atoms. The van der Waals surface area contributed by atoms with Gasteiger partial charge in [-0.15, -0.1) is 0 Å². The van der Waals surface area contributed by atoms with Crippen LogP contribution in [-0.4, -0.2) is 45.7 Å². The minimum atomic E-state index is 0.195. The fraction of sp³-hybridized carbons (Fsp3) is 0.458. The molecule has 164 valence electrons. The molecule has 1 N–H and O–H groups in total. The van der Waals surface area contributed by atoms with Crippen LogP contribution in [-0.2, 0) is 19.0 Å². The second-order valence-corrected chi connectivity index (χ2v) is 7.25. The van der Waals surface area contributed by atoms with Crippen LogP contribution in [0.4, 0.5) is 0 Å². The van der Waals surface area contributed by atoms with Gasteiger partial charge in [0.1, 0.15) is 12.0 Å². The molecule has 0 aromatic heterocycles. The average molecular weight is 415 g/mol. The third-order valence-electron chi connectivity index (χ3n) is 5.17. The molecular weight excluding hydrogens is 380 g/mol. The number of nitrogens with one attached hydrogen (secondary N) is 1. The smallest absolute Gasteiger partial charge is 0.231 e. The maximum absolute atomic E-state index is 11.6. The summed E-state index contributed by atoms with van der Waals surface area (Å²) in [6, 6.07) is 0. The summed E-state index contributed by atoms with van der Waals surface area (Å²) in [5.74, 6) is 2.17. The van der Waals surface area contributed by atoms with E-state index in [-0.39, 0.29) is 6.79 Å². The Morgan fingerprint density at radius 1 is 1.20 bits per heavy atom. The first-order valence-electron chi connectivity index (χ1n) is 10.4. The van der Waals surface area contributed by atoms with Crippen molar-refractivity contribution in [2.24, 2.45) is 0 Å². The minimum absolute atomic E-state index is 0.195. The molecule has 6 nitrogen and oxygen atoms in total. The van der Waals surface area contributed by atoms with Crippen LogP contribution < -0.4 is 5.32 Å². The number of nitrogens with zero attached hydrogens (tertiary/aromatic N) is 1. The van der Waals surface area contributed by atoms with Crippen LogP contribution in [0, 0.1) is 0 Å². The van der Waals surface area contributed by atoms with Gasteiger partial charge in [-0.3, -0.25) is 4.79 Å². The highest BCUT2D eigenvalue weighted by Gasteiger charge is 2.22. The van der Waals surface area contributed by atoms with Crippen molar-refractivity contribution in [2.75, 3.05) is 34.5 Å². The van der Waals surface area contributed by atoms with Crippen LogP contribution in [0.2, 0.25) is 0 Å². The number of hydrogen-bond donors (Lipinski definition) is 1. The summed E-state index contributed by atoms with van der Waals surface area (Å²) >= 11 is 0. The second-order valence-electron chi connectivity index (χ2n) is 7.25. The number of allylic oxidation sites excluding steroid dienone is 9. The standard InChI is InChI=1S/C24H34N2O4/c1-7-20(22(28-8-2)13-17(3)26(5)6)21(11-12-27)18-9-10-19(25-4)15-24-23(14-18)29-16-30-24/h11-15,25H,7-10,16H2,1-6H3/b17-13+,18-14-,19-15+,21-11+,22-20-. The third kappa shape index (κ3) is 5.81. The monoisotopic (exact) mass is 414 g/mol. The van der Waals surface area contributed by atoms with Gasteiger partial charge in [-0.05, 0) is 62.5 Å². The average Bonchev–Trinajstić information content (AvgIpc) is 3.13. The predicted molar refractivity (Wildman–Crippen MR) is 119 cm³/mol. The van der Waals surface area contributed by atoms with Gasteiger partial charge < -0.3 is 24.4 Å². The van der Waals surface area contributed by atoms with E-state index in [4.69, 9.17) is 14.2 Å². The lowest BCUT2D eigenvalue weighted by molar-refractivity contribution is -0.104. The highest BCUT2D eigenvalue weighted by Crippen LogP contribution is 2.34. The molecule has 0 bridgehead atoms. The van der Waals surface area contributed by atoms with Gasteiger partial charge in [0.05, 0.1) is 6.61 Å². The topological polar surface area (TPSA) is 60.0 Å². The van der Waals surface area contributed by atoms with E-state index in [1.54, 1.807) is 6.08 Å². The summed E-state index contributed by atoms with van der Waals surface area (Å²) in [6.45, 7) is 6.82. The first-order chi connectivity index (χ1) is 14.4. The van der Waals surface area contributed by atoms with Gasteiger partial charge in [0, 0.05) is 44.2 Å². The van der Waals surface area contributed by atoms with E-state index in [0.717, 1.165) is 59.4 Å². The molecule has 2 rings (SSSR count). The molecule has 30 heavy (non-hydrogen) atoms. The molecule has 0 saturated carbocycles. The molecule has 2 aliphatic rings. The Bertz CT molecular complexity index is 826. The number of carbonyl (C=O) groups excluding carboxylic acids is 1. The van der Waals surface area contributed by atoms with E-state index in [1.165, 1.54) is 0 Å². The molecule has 0 aromatic rings. The van der Waals surface area contributed by atoms with Gasteiger partial charge in [-0.25, -0.2) is 0 Å². The lowest BCUT2D eigenvalue weighted by Crippen LogP contribution is -2.11. The Balaban J connectivity index is 2.62. The van der Waals surface area contributed by atoms with E-state index in [0.29, 0.717) is 18.1 Å². The van der Waals surface area contributed by atoms with Gasteiger partial charge in [-0.2, -0.15) is 0 Å². The molecule has 1 aliphatic carbocycles. The Kier molecular flexibility index (Phi) is 8.84. The fourth-order valence-corrected chi connectivity index (χ4v) is 3.32. The number of carbonyl (C=O) groups is 1. The molecule has 0 unspecified atom stereocenters. The summed E-state index contributed by atoms with van der Waals surface area (Å²) in [5.41, 5.74) is 5.01. The molecule has 0 amide bonds. The Labute approximate surface area is 180 Å². The molecule has 0 radical (unpaired) electrons. The number of rotatable bonds is 9. The van der Waals surface area contributed by atoms with Crippen LogP contribution in [0.5, 0.6) is 0 Å². The van der Waals surface area contributed by atoms with Crippen molar-refractivity contribution in [1.82, 2.24) is 10.2 Å². The lowest BCUT2D eigenvalue weighted by Gasteiger charge is -2.21. The lowest BCUT2D eigenvalue weighted by atomic mass is 9.89. The van der Waals surface area contributed by atoms with Crippen LogP contribution in [0.15, 0.2) is 69.7 Å². The van der Waals surface area contributed by atoms with Gasteiger partial charge >= 0.3 is 0 Å².